The van der Waals surface area contributed by atoms with Crippen molar-refractivity contribution in [3.05, 3.63) is 58.6 Å². The summed E-state index contributed by atoms with van der Waals surface area (Å²) in [6.07, 6.45) is 9.66. The third kappa shape index (κ3) is 6.54. The summed E-state index contributed by atoms with van der Waals surface area (Å²) in [5.74, 6) is 0. The molecular formula is C28H38BrNO. The molecule has 3 heteroatoms. The number of aliphatic hydroxyl groups excluding tert-OH is 1. The summed E-state index contributed by atoms with van der Waals surface area (Å²) >= 11 is 3.76. The van der Waals surface area contributed by atoms with Gasteiger partial charge in [-0.05, 0) is 59.1 Å². The third-order valence-corrected chi connectivity index (χ3v) is 6.99. The van der Waals surface area contributed by atoms with E-state index in [-0.39, 0.29) is 0 Å². The molecule has 0 amide bonds. The standard InChI is InChI=1S/C28H38BrNO/c1-3-5-7-11-18-30(19-12-8-6-4-2)21-28(31)25-17-13-16-23-22-14-9-10-15-24(22)27(29)20-26(23)25/h9-10,13-17,20,28,31H,3-8,11-12,18-19,21H2,1-2H3. The molecule has 0 radical (unpaired) electrons. The van der Waals surface area contributed by atoms with E-state index in [1.165, 1.54) is 67.5 Å². The Bertz CT molecular complexity index is 942. The summed E-state index contributed by atoms with van der Waals surface area (Å²) in [6.45, 7) is 7.40. The lowest BCUT2D eigenvalue weighted by atomic mass is 9.95. The van der Waals surface area contributed by atoms with Crippen molar-refractivity contribution in [2.75, 3.05) is 19.6 Å². The van der Waals surface area contributed by atoms with Crippen molar-refractivity contribution in [2.45, 2.75) is 71.3 Å². The van der Waals surface area contributed by atoms with Gasteiger partial charge in [0, 0.05) is 11.0 Å². The van der Waals surface area contributed by atoms with E-state index in [0.29, 0.717) is 6.54 Å². The molecule has 1 atom stereocenters. The lowest BCUT2D eigenvalue weighted by Gasteiger charge is -2.26. The average Bonchev–Trinajstić information content (AvgIpc) is 2.79. The van der Waals surface area contributed by atoms with Gasteiger partial charge in [0.25, 0.3) is 0 Å². The van der Waals surface area contributed by atoms with Crippen LogP contribution in [0, 0.1) is 0 Å². The molecule has 3 rings (SSSR count). The molecule has 0 saturated heterocycles. The van der Waals surface area contributed by atoms with E-state index in [1.54, 1.807) is 0 Å². The Labute approximate surface area is 196 Å². The molecule has 3 aromatic rings. The molecule has 31 heavy (non-hydrogen) atoms. The van der Waals surface area contributed by atoms with Gasteiger partial charge in [-0.2, -0.15) is 0 Å². The van der Waals surface area contributed by atoms with Gasteiger partial charge in [-0.25, -0.2) is 0 Å². The number of benzene rings is 3. The first kappa shape index (κ1) is 24.2. The summed E-state index contributed by atoms with van der Waals surface area (Å²) in [4.78, 5) is 2.49. The maximum atomic E-state index is 11.3. The first-order chi connectivity index (χ1) is 15.2. The molecule has 0 aliphatic carbocycles. The van der Waals surface area contributed by atoms with Crippen molar-refractivity contribution in [3.63, 3.8) is 0 Å². The molecule has 168 valence electrons. The summed E-state index contributed by atoms with van der Waals surface area (Å²) in [6, 6.07) is 17.0. The van der Waals surface area contributed by atoms with Crippen LogP contribution in [0.2, 0.25) is 0 Å². The predicted molar refractivity (Wildman–Crippen MR) is 139 cm³/mol. The zero-order chi connectivity index (χ0) is 22.1. The molecule has 0 aromatic heterocycles. The van der Waals surface area contributed by atoms with Gasteiger partial charge >= 0.3 is 0 Å². The van der Waals surface area contributed by atoms with Crippen LogP contribution in [0.15, 0.2) is 53.0 Å². The van der Waals surface area contributed by atoms with Gasteiger partial charge in [0.05, 0.1) is 6.10 Å². The average molecular weight is 485 g/mol. The molecule has 1 unspecified atom stereocenters. The van der Waals surface area contributed by atoms with Gasteiger partial charge < -0.3 is 10.0 Å². The van der Waals surface area contributed by atoms with Crippen molar-refractivity contribution in [3.8, 4) is 0 Å². The lowest BCUT2D eigenvalue weighted by Crippen LogP contribution is -2.31. The molecule has 0 saturated carbocycles. The highest BCUT2D eigenvalue weighted by atomic mass is 79.9. The molecule has 2 nitrogen and oxygen atoms in total. The van der Waals surface area contributed by atoms with Crippen molar-refractivity contribution in [1.82, 2.24) is 4.90 Å². The minimum atomic E-state index is -0.478. The van der Waals surface area contributed by atoms with Crippen molar-refractivity contribution < 1.29 is 5.11 Å². The summed E-state index contributed by atoms with van der Waals surface area (Å²) in [7, 11) is 0. The van der Waals surface area contributed by atoms with E-state index in [4.69, 9.17) is 0 Å². The van der Waals surface area contributed by atoms with Crippen molar-refractivity contribution in [2.24, 2.45) is 0 Å². The first-order valence-corrected chi connectivity index (χ1v) is 12.9. The molecule has 0 aliphatic rings. The molecule has 0 fully saturated rings. The van der Waals surface area contributed by atoms with E-state index in [2.05, 4.69) is 83.2 Å². The highest BCUT2D eigenvalue weighted by Gasteiger charge is 2.17. The molecule has 0 heterocycles. The third-order valence-electron chi connectivity index (χ3n) is 6.33. The van der Waals surface area contributed by atoms with E-state index in [9.17, 15) is 5.11 Å². The second-order valence-corrected chi connectivity index (χ2v) is 9.64. The number of hydrogen-bond donors (Lipinski definition) is 1. The Morgan fingerprint density at radius 1 is 0.742 bits per heavy atom. The lowest BCUT2D eigenvalue weighted by molar-refractivity contribution is 0.111. The molecular weight excluding hydrogens is 446 g/mol. The van der Waals surface area contributed by atoms with Gasteiger partial charge in [0.1, 0.15) is 0 Å². The number of hydrogen-bond acceptors (Lipinski definition) is 2. The fourth-order valence-electron chi connectivity index (χ4n) is 4.56. The molecule has 0 bridgehead atoms. The second kappa shape index (κ2) is 12.6. The Balaban J connectivity index is 1.80. The predicted octanol–water partition coefficient (Wildman–Crippen LogP) is 8.25. The fraction of sp³-hybridized carbons (Fsp3) is 0.500. The van der Waals surface area contributed by atoms with E-state index >= 15 is 0 Å². The maximum absolute atomic E-state index is 11.3. The van der Waals surface area contributed by atoms with Crippen LogP contribution >= 0.6 is 15.9 Å². The van der Waals surface area contributed by atoms with Crippen molar-refractivity contribution >= 4 is 37.5 Å². The van der Waals surface area contributed by atoms with Gasteiger partial charge in [0.2, 0.25) is 0 Å². The molecule has 0 spiro atoms. The number of aliphatic hydroxyl groups is 1. The van der Waals surface area contributed by atoms with Crippen LogP contribution in [0.3, 0.4) is 0 Å². The topological polar surface area (TPSA) is 23.5 Å². The van der Waals surface area contributed by atoms with Crippen LogP contribution in [0.4, 0.5) is 0 Å². The van der Waals surface area contributed by atoms with E-state index < -0.39 is 6.10 Å². The van der Waals surface area contributed by atoms with Gasteiger partial charge in [-0.15, -0.1) is 0 Å². The van der Waals surface area contributed by atoms with Crippen LogP contribution in [-0.4, -0.2) is 29.6 Å². The Hall–Kier alpha value is -1.42. The summed E-state index contributed by atoms with van der Waals surface area (Å²) in [5, 5.41) is 16.1. The summed E-state index contributed by atoms with van der Waals surface area (Å²) in [5.41, 5.74) is 1.04. The normalized spacial score (nSPS) is 12.8. The molecule has 0 aliphatic heterocycles. The number of rotatable bonds is 13. The quantitative estimate of drug-likeness (QED) is 0.195. The minimum absolute atomic E-state index is 0.478. The zero-order valence-electron chi connectivity index (χ0n) is 19.2. The van der Waals surface area contributed by atoms with Gasteiger partial charge in [-0.1, -0.05) is 111 Å². The monoisotopic (exact) mass is 483 g/mol. The highest BCUT2D eigenvalue weighted by Crippen LogP contribution is 2.35. The Morgan fingerprint density at radius 3 is 1.97 bits per heavy atom. The molecule has 3 aromatic carbocycles. The number of halogens is 1. The minimum Gasteiger partial charge on any atom is -0.387 e. The smallest absolute Gasteiger partial charge is 0.0922 e. The SMILES string of the molecule is CCCCCCN(CCCCCC)CC(O)c1cccc2c1cc(Br)c1ccccc12. The van der Waals surface area contributed by atoms with Crippen LogP contribution < -0.4 is 0 Å². The fourth-order valence-corrected chi connectivity index (χ4v) is 5.14. The van der Waals surface area contributed by atoms with E-state index in [0.717, 1.165) is 28.5 Å². The first-order valence-electron chi connectivity index (χ1n) is 12.2. The highest BCUT2D eigenvalue weighted by molar-refractivity contribution is 9.10. The van der Waals surface area contributed by atoms with Gasteiger partial charge in [-0.3, -0.25) is 0 Å². The second-order valence-electron chi connectivity index (χ2n) is 8.78. The summed E-state index contributed by atoms with van der Waals surface area (Å²) < 4.78 is 1.09. The Kier molecular flexibility index (Phi) is 9.83. The van der Waals surface area contributed by atoms with Crippen molar-refractivity contribution in [1.29, 1.82) is 0 Å². The zero-order valence-corrected chi connectivity index (χ0v) is 20.8. The van der Waals surface area contributed by atoms with Crippen LogP contribution in [0.1, 0.15) is 76.9 Å². The van der Waals surface area contributed by atoms with Crippen LogP contribution in [0.5, 0.6) is 0 Å². The van der Waals surface area contributed by atoms with E-state index in [1.807, 2.05) is 0 Å². The van der Waals surface area contributed by atoms with Crippen LogP contribution in [-0.2, 0) is 0 Å². The Morgan fingerprint density at radius 2 is 1.32 bits per heavy atom. The maximum Gasteiger partial charge on any atom is 0.0922 e. The van der Waals surface area contributed by atoms with Crippen LogP contribution in [0.25, 0.3) is 21.5 Å². The van der Waals surface area contributed by atoms with Gasteiger partial charge in [0.15, 0.2) is 0 Å². The number of unbranched alkanes of at least 4 members (excludes halogenated alkanes) is 6. The largest absolute Gasteiger partial charge is 0.387 e. The molecule has 1 N–H and O–H groups in total. The number of fused-ring (bicyclic) bond motifs is 3. The number of nitrogens with zero attached hydrogens (tertiary/aromatic N) is 1.